The molecule has 161 valence electrons. The van der Waals surface area contributed by atoms with Gasteiger partial charge in [0.1, 0.15) is 11.9 Å². The molecule has 2 aliphatic rings. The van der Waals surface area contributed by atoms with Crippen LogP contribution in [0.2, 0.25) is 0 Å². The highest BCUT2D eigenvalue weighted by Gasteiger charge is 2.66. The lowest BCUT2D eigenvalue weighted by Gasteiger charge is -2.48. The number of thiol groups is 1. The summed E-state index contributed by atoms with van der Waals surface area (Å²) >= 11 is 4.14. The molecule has 0 heterocycles. The van der Waals surface area contributed by atoms with Gasteiger partial charge in [-0.2, -0.15) is 0 Å². The molecule has 0 aliphatic heterocycles. The first-order valence-electron chi connectivity index (χ1n) is 9.78. The average molecular weight is 435 g/mol. The predicted octanol–water partition coefficient (Wildman–Crippen LogP) is 5.75. The van der Waals surface area contributed by atoms with E-state index in [1.807, 2.05) is 0 Å². The van der Waals surface area contributed by atoms with Crippen LogP contribution in [-0.4, -0.2) is 35.8 Å². The summed E-state index contributed by atoms with van der Waals surface area (Å²) in [5.41, 5.74) is -5.96. The first-order valence-corrected chi connectivity index (χ1v) is 10.2. The fourth-order valence-electron chi connectivity index (χ4n) is 4.31. The summed E-state index contributed by atoms with van der Waals surface area (Å²) in [7, 11) is 0. The molecule has 8 heteroatoms. The van der Waals surface area contributed by atoms with Gasteiger partial charge in [0.05, 0.1) is 5.92 Å². The lowest BCUT2D eigenvalue weighted by molar-refractivity contribution is -0.149. The number of esters is 1. The van der Waals surface area contributed by atoms with Gasteiger partial charge in [0, 0.05) is 11.3 Å². The quantitative estimate of drug-likeness (QED) is 0.282. The predicted molar refractivity (Wildman–Crippen MR) is 102 cm³/mol. The number of carbonyl (C=O) groups excluding carboxylic acids is 1. The van der Waals surface area contributed by atoms with Crippen LogP contribution in [0.15, 0.2) is 29.2 Å². The zero-order valence-corrected chi connectivity index (χ0v) is 16.9. The standard InChI is InChI=1S/C21H24F5O2S/c1-2-20(25)16(22)11-21(26,18(24)17(20)23)13-5-3-12(4-6-13)19(27)28-14-7-9-15(29)10-8-14/h7-13,16-18,29H,2-6H2,1H3/t12-,13-,16?,17?,18?,20?,21?. The summed E-state index contributed by atoms with van der Waals surface area (Å²) in [5, 5.41) is 0. The van der Waals surface area contributed by atoms with E-state index in [9.17, 15) is 22.4 Å². The Kier molecular flexibility index (Phi) is 6.51. The molecule has 2 saturated carbocycles. The highest BCUT2D eigenvalue weighted by molar-refractivity contribution is 7.80. The van der Waals surface area contributed by atoms with Crippen LogP contribution >= 0.6 is 12.6 Å². The van der Waals surface area contributed by atoms with Crippen molar-refractivity contribution in [3.63, 3.8) is 0 Å². The molecule has 0 amide bonds. The molecule has 2 aliphatic carbocycles. The Morgan fingerprint density at radius 1 is 1.07 bits per heavy atom. The maximum Gasteiger partial charge on any atom is 0.314 e. The Hall–Kier alpha value is -1.31. The number of carbonyl (C=O) groups is 1. The Morgan fingerprint density at radius 2 is 1.66 bits per heavy atom. The Bertz CT molecular complexity index is 724. The van der Waals surface area contributed by atoms with E-state index in [4.69, 9.17) is 4.74 Å². The van der Waals surface area contributed by atoms with Gasteiger partial charge < -0.3 is 4.74 Å². The maximum atomic E-state index is 15.3. The molecule has 1 aromatic carbocycles. The lowest BCUT2D eigenvalue weighted by Crippen LogP contribution is -2.64. The molecule has 2 fully saturated rings. The second-order valence-electron chi connectivity index (χ2n) is 7.94. The van der Waals surface area contributed by atoms with Gasteiger partial charge in [-0.25, -0.2) is 22.0 Å². The second-order valence-corrected chi connectivity index (χ2v) is 8.46. The van der Waals surface area contributed by atoms with E-state index in [0.29, 0.717) is 17.1 Å². The van der Waals surface area contributed by atoms with Gasteiger partial charge in [-0.05, 0) is 62.3 Å². The minimum Gasteiger partial charge on any atom is -0.426 e. The van der Waals surface area contributed by atoms with Crippen molar-refractivity contribution in [3.8, 4) is 5.75 Å². The molecule has 0 aromatic heterocycles. The van der Waals surface area contributed by atoms with Gasteiger partial charge in [0.15, 0.2) is 23.7 Å². The molecule has 0 N–H and O–H groups in total. The second kappa shape index (κ2) is 8.44. The van der Waals surface area contributed by atoms with Crippen molar-refractivity contribution in [2.24, 2.45) is 11.8 Å². The monoisotopic (exact) mass is 435 g/mol. The van der Waals surface area contributed by atoms with E-state index >= 15 is 4.39 Å². The summed E-state index contributed by atoms with van der Waals surface area (Å²) < 4.78 is 78.1. The van der Waals surface area contributed by atoms with Crippen LogP contribution in [0.1, 0.15) is 39.0 Å². The minimum absolute atomic E-state index is 0.0492. The molecule has 1 aromatic rings. The highest BCUT2D eigenvalue weighted by atomic mass is 32.1. The molecule has 0 bridgehead atoms. The van der Waals surface area contributed by atoms with E-state index in [-0.39, 0.29) is 25.7 Å². The molecular formula is C21H24F5O2S. The summed E-state index contributed by atoms with van der Waals surface area (Å²) in [5.74, 6) is -1.69. The molecule has 1 radical (unpaired) electrons. The fraction of sp³-hybridized carbons (Fsp3) is 0.619. The first kappa shape index (κ1) is 22.4. The third-order valence-electron chi connectivity index (χ3n) is 6.28. The van der Waals surface area contributed by atoms with Gasteiger partial charge >= 0.3 is 5.97 Å². The zero-order valence-electron chi connectivity index (χ0n) is 16.0. The number of hydrogen-bond acceptors (Lipinski definition) is 3. The van der Waals surface area contributed by atoms with Crippen molar-refractivity contribution >= 4 is 18.6 Å². The van der Waals surface area contributed by atoms with Crippen LogP contribution in [0.5, 0.6) is 5.75 Å². The van der Waals surface area contributed by atoms with E-state index in [0.717, 1.165) is 0 Å². The SMILES string of the molecule is CCC1(F)C(F)[CH]C(F)([C@H]2CC[C@H](C(=O)Oc3ccc(S)cc3)CC2)C(F)C1F. The molecule has 3 rings (SSSR count). The molecule has 0 saturated heterocycles. The summed E-state index contributed by atoms with van der Waals surface area (Å²) in [6, 6.07) is 6.51. The van der Waals surface area contributed by atoms with E-state index in [2.05, 4.69) is 12.6 Å². The third-order valence-corrected chi connectivity index (χ3v) is 6.58. The normalized spacial score (nSPS) is 40.4. The minimum atomic E-state index is -3.06. The molecule has 0 spiro atoms. The van der Waals surface area contributed by atoms with Gasteiger partial charge in [-0.1, -0.05) is 6.92 Å². The van der Waals surface area contributed by atoms with Crippen LogP contribution in [0, 0.1) is 18.3 Å². The summed E-state index contributed by atoms with van der Waals surface area (Å²) in [6.07, 6.45) is -7.93. The summed E-state index contributed by atoms with van der Waals surface area (Å²) in [4.78, 5) is 13.0. The topological polar surface area (TPSA) is 26.3 Å². The molecule has 2 nitrogen and oxygen atoms in total. The number of benzene rings is 1. The molecule has 5 unspecified atom stereocenters. The third kappa shape index (κ3) is 4.14. The number of hydrogen-bond donors (Lipinski definition) is 1. The Balaban J connectivity index is 1.62. The largest absolute Gasteiger partial charge is 0.426 e. The van der Waals surface area contributed by atoms with Crippen LogP contribution in [0.4, 0.5) is 22.0 Å². The van der Waals surface area contributed by atoms with Crippen LogP contribution in [-0.2, 0) is 4.79 Å². The number of alkyl halides is 5. The number of ether oxygens (including phenoxy) is 1. The van der Waals surface area contributed by atoms with Gasteiger partial charge in [-0.15, -0.1) is 12.6 Å². The van der Waals surface area contributed by atoms with E-state index in [1.54, 1.807) is 24.3 Å². The van der Waals surface area contributed by atoms with Crippen LogP contribution in [0.3, 0.4) is 0 Å². The van der Waals surface area contributed by atoms with E-state index in [1.165, 1.54) is 6.92 Å². The average Bonchev–Trinajstić information content (AvgIpc) is 2.72. The smallest absolute Gasteiger partial charge is 0.314 e. The lowest BCUT2D eigenvalue weighted by atomic mass is 9.64. The van der Waals surface area contributed by atoms with Gasteiger partial charge in [-0.3, -0.25) is 4.79 Å². The highest BCUT2D eigenvalue weighted by Crippen LogP contribution is 2.52. The van der Waals surface area contributed by atoms with E-state index < -0.39 is 54.1 Å². The zero-order chi connectivity index (χ0) is 21.4. The number of rotatable bonds is 4. The maximum absolute atomic E-state index is 15.3. The molecule has 29 heavy (non-hydrogen) atoms. The Labute approximate surface area is 172 Å². The van der Waals surface area contributed by atoms with Gasteiger partial charge in [0.25, 0.3) is 0 Å². The fourth-order valence-corrected chi connectivity index (χ4v) is 4.46. The van der Waals surface area contributed by atoms with Crippen molar-refractivity contribution in [1.29, 1.82) is 0 Å². The van der Waals surface area contributed by atoms with Crippen molar-refractivity contribution in [2.75, 3.05) is 0 Å². The van der Waals surface area contributed by atoms with Crippen LogP contribution in [0.25, 0.3) is 0 Å². The van der Waals surface area contributed by atoms with Gasteiger partial charge in [0.2, 0.25) is 0 Å². The van der Waals surface area contributed by atoms with Crippen molar-refractivity contribution in [2.45, 2.75) is 73.8 Å². The number of halogens is 5. The molecule has 5 atom stereocenters. The summed E-state index contributed by atoms with van der Waals surface area (Å²) in [6.45, 7) is 1.20. The van der Waals surface area contributed by atoms with Crippen molar-refractivity contribution in [1.82, 2.24) is 0 Å². The van der Waals surface area contributed by atoms with Crippen LogP contribution < -0.4 is 4.74 Å². The first-order chi connectivity index (χ1) is 13.6. The Morgan fingerprint density at radius 3 is 2.21 bits per heavy atom. The molecular weight excluding hydrogens is 411 g/mol. The van der Waals surface area contributed by atoms with Crippen molar-refractivity contribution < 1.29 is 31.5 Å². The van der Waals surface area contributed by atoms with Crippen molar-refractivity contribution in [3.05, 3.63) is 30.7 Å².